The predicted octanol–water partition coefficient (Wildman–Crippen LogP) is 3.32. The molecule has 1 unspecified atom stereocenters. The van der Waals surface area contributed by atoms with E-state index >= 15 is 0 Å². The van der Waals surface area contributed by atoms with Crippen molar-refractivity contribution < 1.29 is 4.74 Å². The van der Waals surface area contributed by atoms with Crippen molar-refractivity contribution in [1.29, 1.82) is 0 Å². The van der Waals surface area contributed by atoms with Gasteiger partial charge in [0.25, 0.3) is 0 Å². The van der Waals surface area contributed by atoms with Crippen LogP contribution < -0.4 is 10.2 Å². The fourth-order valence-corrected chi connectivity index (χ4v) is 2.98. The summed E-state index contributed by atoms with van der Waals surface area (Å²) in [4.78, 5) is 11.4. The van der Waals surface area contributed by atoms with Gasteiger partial charge in [-0.05, 0) is 50.1 Å². The van der Waals surface area contributed by atoms with E-state index in [0.717, 1.165) is 37.1 Å². The molecule has 1 aromatic heterocycles. The van der Waals surface area contributed by atoms with Gasteiger partial charge in [0.15, 0.2) is 0 Å². The molecule has 1 aliphatic carbocycles. The summed E-state index contributed by atoms with van der Waals surface area (Å²) in [5.74, 6) is 2.41. The first-order valence-corrected chi connectivity index (χ1v) is 8.34. The van der Waals surface area contributed by atoms with E-state index in [1.807, 2.05) is 12.3 Å². The third-order valence-corrected chi connectivity index (χ3v) is 4.46. The van der Waals surface area contributed by atoms with Crippen LogP contribution in [0.3, 0.4) is 0 Å². The third-order valence-electron chi connectivity index (χ3n) is 4.46. The van der Waals surface area contributed by atoms with E-state index in [0.29, 0.717) is 12.0 Å². The highest BCUT2D eigenvalue weighted by atomic mass is 16.5. The zero-order valence-electron chi connectivity index (χ0n) is 13.4. The molecule has 1 atom stereocenters. The predicted molar refractivity (Wildman–Crippen MR) is 91.4 cm³/mol. The lowest BCUT2D eigenvalue weighted by Crippen LogP contribution is -2.43. The maximum absolute atomic E-state index is 5.50. The Bertz CT molecular complexity index is 669. The molecule has 1 aliphatic heterocycles. The second-order valence-corrected chi connectivity index (χ2v) is 6.36. The lowest BCUT2D eigenvalue weighted by Gasteiger charge is -2.35. The van der Waals surface area contributed by atoms with Crippen LogP contribution in [0.25, 0.3) is 0 Å². The molecule has 120 valence electrons. The molecule has 1 N–H and O–H groups in total. The first-order valence-electron chi connectivity index (χ1n) is 8.34. The molecular formula is C18H22N4O. The van der Waals surface area contributed by atoms with E-state index in [1.165, 1.54) is 18.5 Å². The van der Waals surface area contributed by atoms with Gasteiger partial charge in [-0.1, -0.05) is 0 Å². The van der Waals surface area contributed by atoms with E-state index in [4.69, 9.17) is 4.74 Å². The molecular weight excluding hydrogens is 288 g/mol. The van der Waals surface area contributed by atoms with Gasteiger partial charge in [0.1, 0.15) is 11.6 Å². The Labute approximate surface area is 136 Å². The summed E-state index contributed by atoms with van der Waals surface area (Å²) in [6, 6.07) is 10.9. The number of benzene rings is 1. The molecule has 2 heterocycles. The number of aromatic nitrogens is 2. The minimum Gasteiger partial charge on any atom is -0.377 e. The fourth-order valence-electron chi connectivity index (χ4n) is 2.98. The number of ether oxygens (including phenoxy) is 1. The van der Waals surface area contributed by atoms with Gasteiger partial charge < -0.3 is 15.0 Å². The second kappa shape index (κ2) is 6.16. The molecule has 0 spiro atoms. The van der Waals surface area contributed by atoms with Gasteiger partial charge >= 0.3 is 0 Å². The third kappa shape index (κ3) is 3.29. The van der Waals surface area contributed by atoms with Crippen molar-refractivity contribution in [3.8, 4) is 0 Å². The molecule has 5 nitrogen and oxygen atoms in total. The van der Waals surface area contributed by atoms with Crippen LogP contribution in [-0.4, -0.2) is 35.8 Å². The van der Waals surface area contributed by atoms with Crippen LogP contribution in [0, 0.1) is 0 Å². The number of nitrogens with one attached hydrogen (secondary N) is 1. The van der Waals surface area contributed by atoms with Crippen molar-refractivity contribution in [2.45, 2.75) is 31.7 Å². The topological polar surface area (TPSA) is 50.3 Å². The lowest BCUT2D eigenvalue weighted by atomic mass is 10.2. The Hall–Kier alpha value is -2.14. The Kier molecular flexibility index (Phi) is 3.87. The zero-order chi connectivity index (χ0) is 15.6. The summed E-state index contributed by atoms with van der Waals surface area (Å²) in [5.41, 5.74) is 2.29. The van der Waals surface area contributed by atoms with Crippen molar-refractivity contribution in [2.24, 2.45) is 0 Å². The van der Waals surface area contributed by atoms with Crippen molar-refractivity contribution in [3.05, 3.63) is 42.4 Å². The van der Waals surface area contributed by atoms with Gasteiger partial charge in [-0.25, -0.2) is 9.97 Å². The van der Waals surface area contributed by atoms with Crippen LogP contribution in [0.5, 0.6) is 0 Å². The first kappa shape index (κ1) is 14.5. The molecule has 0 bridgehead atoms. The SMILES string of the molecule is CC1COCCN1c1ccc(Nc2ccnc(C3CC3)n2)cc1. The van der Waals surface area contributed by atoms with Crippen molar-refractivity contribution in [1.82, 2.24) is 9.97 Å². The van der Waals surface area contributed by atoms with Crippen LogP contribution in [0.1, 0.15) is 31.5 Å². The van der Waals surface area contributed by atoms with Gasteiger partial charge in [0.05, 0.1) is 13.2 Å². The van der Waals surface area contributed by atoms with Crippen LogP contribution in [0.2, 0.25) is 0 Å². The Morgan fingerprint density at radius 2 is 2.00 bits per heavy atom. The van der Waals surface area contributed by atoms with Gasteiger partial charge in [-0.2, -0.15) is 0 Å². The average molecular weight is 310 g/mol. The summed E-state index contributed by atoms with van der Waals surface area (Å²) in [7, 11) is 0. The van der Waals surface area contributed by atoms with Gasteiger partial charge in [0.2, 0.25) is 0 Å². The van der Waals surface area contributed by atoms with Gasteiger partial charge in [0, 0.05) is 36.1 Å². The van der Waals surface area contributed by atoms with Crippen LogP contribution in [-0.2, 0) is 4.74 Å². The van der Waals surface area contributed by atoms with Crippen LogP contribution in [0.4, 0.5) is 17.2 Å². The van der Waals surface area contributed by atoms with E-state index < -0.39 is 0 Å². The number of nitrogens with zero attached hydrogens (tertiary/aromatic N) is 3. The van der Waals surface area contributed by atoms with Crippen molar-refractivity contribution >= 4 is 17.2 Å². The van der Waals surface area contributed by atoms with E-state index in [1.54, 1.807) is 0 Å². The summed E-state index contributed by atoms with van der Waals surface area (Å²) < 4.78 is 5.50. The highest BCUT2D eigenvalue weighted by molar-refractivity contribution is 5.61. The summed E-state index contributed by atoms with van der Waals surface area (Å²) in [5, 5.41) is 3.37. The van der Waals surface area contributed by atoms with Crippen molar-refractivity contribution in [3.63, 3.8) is 0 Å². The average Bonchev–Trinajstić information content (AvgIpc) is 3.42. The number of morpholine rings is 1. The van der Waals surface area contributed by atoms with E-state index in [-0.39, 0.29) is 0 Å². The second-order valence-electron chi connectivity index (χ2n) is 6.36. The van der Waals surface area contributed by atoms with Crippen LogP contribution >= 0.6 is 0 Å². The summed E-state index contributed by atoms with van der Waals surface area (Å²) >= 11 is 0. The fraction of sp³-hybridized carbons (Fsp3) is 0.444. The quantitative estimate of drug-likeness (QED) is 0.939. The van der Waals surface area contributed by atoms with Crippen LogP contribution in [0.15, 0.2) is 36.5 Å². The monoisotopic (exact) mass is 310 g/mol. The summed E-state index contributed by atoms with van der Waals surface area (Å²) in [6.45, 7) is 4.75. The Morgan fingerprint density at radius 3 is 2.74 bits per heavy atom. The Morgan fingerprint density at radius 1 is 1.17 bits per heavy atom. The molecule has 2 aromatic rings. The maximum atomic E-state index is 5.50. The van der Waals surface area contributed by atoms with Crippen molar-refractivity contribution in [2.75, 3.05) is 30.0 Å². The maximum Gasteiger partial charge on any atom is 0.134 e. The number of anilines is 3. The van der Waals surface area contributed by atoms with E-state index in [2.05, 4.69) is 51.4 Å². The lowest BCUT2D eigenvalue weighted by molar-refractivity contribution is 0.0989. The molecule has 5 heteroatoms. The zero-order valence-corrected chi connectivity index (χ0v) is 13.4. The first-order chi connectivity index (χ1) is 11.3. The normalized spacial score (nSPS) is 21.3. The molecule has 2 fully saturated rings. The van der Waals surface area contributed by atoms with Gasteiger partial charge in [-0.3, -0.25) is 0 Å². The molecule has 4 rings (SSSR count). The minimum atomic E-state index is 0.422. The number of rotatable bonds is 4. The summed E-state index contributed by atoms with van der Waals surface area (Å²) in [6.07, 6.45) is 4.28. The molecule has 1 saturated heterocycles. The largest absolute Gasteiger partial charge is 0.377 e. The molecule has 1 saturated carbocycles. The number of hydrogen-bond acceptors (Lipinski definition) is 5. The highest BCUT2D eigenvalue weighted by Gasteiger charge is 2.26. The number of hydrogen-bond donors (Lipinski definition) is 1. The van der Waals surface area contributed by atoms with Gasteiger partial charge in [-0.15, -0.1) is 0 Å². The minimum absolute atomic E-state index is 0.422. The standard InChI is InChI=1S/C18H22N4O/c1-13-12-23-11-10-22(13)16-6-4-15(5-7-16)20-17-8-9-19-18(21-17)14-2-3-14/h4-9,13-14H,2-3,10-12H2,1H3,(H,19,20,21). The molecule has 0 radical (unpaired) electrons. The smallest absolute Gasteiger partial charge is 0.134 e. The molecule has 1 aromatic carbocycles. The molecule has 0 amide bonds. The van der Waals surface area contributed by atoms with E-state index in [9.17, 15) is 0 Å². The highest BCUT2D eigenvalue weighted by Crippen LogP contribution is 2.38. The Balaban J connectivity index is 1.46. The molecule has 23 heavy (non-hydrogen) atoms. The molecule has 2 aliphatic rings.